The van der Waals surface area contributed by atoms with Crippen LogP contribution in [0.4, 0.5) is 4.79 Å². The van der Waals surface area contributed by atoms with Crippen LogP contribution in [0.5, 0.6) is 0 Å². The summed E-state index contributed by atoms with van der Waals surface area (Å²) in [6.07, 6.45) is -1.45. The maximum atomic E-state index is 12.8. The number of rotatable bonds is 8. The van der Waals surface area contributed by atoms with E-state index < -0.39 is 47.4 Å². The van der Waals surface area contributed by atoms with Gasteiger partial charge in [0.05, 0.1) is 6.42 Å². The molecule has 10 nitrogen and oxygen atoms in total. The molecule has 2 aromatic rings. The molecule has 206 valence electrons. The largest absolute Gasteiger partial charge is 0.458 e. The summed E-state index contributed by atoms with van der Waals surface area (Å²) in [7, 11) is 0. The zero-order valence-electron chi connectivity index (χ0n) is 22.4. The predicted octanol–water partition coefficient (Wildman–Crippen LogP) is 3.87. The minimum absolute atomic E-state index is 0.0420. The molecule has 1 saturated heterocycles. The molecule has 1 aliphatic heterocycles. The van der Waals surface area contributed by atoms with E-state index in [1.165, 1.54) is 0 Å². The lowest BCUT2D eigenvalue weighted by Crippen LogP contribution is -2.45. The van der Waals surface area contributed by atoms with Crippen LogP contribution in [0.15, 0.2) is 48.5 Å². The number of amides is 3. The second-order valence-corrected chi connectivity index (χ2v) is 10.7. The number of imide groups is 1. The van der Waals surface area contributed by atoms with Gasteiger partial charge in [0.1, 0.15) is 18.2 Å². The number of carbonyl (C=O) groups excluding carboxylic acids is 5. The van der Waals surface area contributed by atoms with Crippen molar-refractivity contribution in [2.75, 3.05) is 6.61 Å². The Kier molecular flexibility index (Phi) is 8.03. The minimum atomic E-state index is -1.23. The summed E-state index contributed by atoms with van der Waals surface area (Å²) in [5.74, 6) is -3.61. The van der Waals surface area contributed by atoms with Crippen molar-refractivity contribution in [1.29, 1.82) is 0 Å². The van der Waals surface area contributed by atoms with Gasteiger partial charge in [-0.3, -0.25) is 9.59 Å². The SMILES string of the molecule is CC1CC(=O)N(OC(=O)CC[C@H](NC(=O)OCC2c3ccccc3-c3ccccc32)C(=O)OC(C)(C)C)C1=O. The van der Waals surface area contributed by atoms with Gasteiger partial charge in [-0.15, -0.1) is 5.06 Å². The monoisotopic (exact) mass is 536 g/mol. The van der Waals surface area contributed by atoms with Crippen molar-refractivity contribution in [1.82, 2.24) is 10.4 Å². The molecule has 39 heavy (non-hydrogen) atoms. The molecule has 1 N–H and O–H groups in total. The maximum absolute atomic E-state index is 12.8. The number of carbonyl (C=O) groups is 5. The molecular formula is C29H32N2O8. The molecule has 2 atom stereocenters. The summed E-state index contributed by atoms with van der Waals surface area (Å²) in [5, 5.41) is 2.95. The first-order valence-electron chi connectivity index (χ1n) is 12.9. The molecule has 1 fully saturated rings. The van der Waals surface area contributed by atoms with Crippen LogP contribution in [-0.4, -0.2) is 53.2 Å². The van der Waals surface area contributed by atoms with Crippen LogP contribution in [0, 0.1) is 5.92 Å². The molecule has 2 aromatic carbocycles. The van der Waals surface area contributed by atoms with Crippen molar-refractivity contribution in [3.05, 3.63) is 59.7 Å². The van der Waals surface area contributed by atoms with Crippen LogP contribution in [-0.2, 0) is 33.5 Å². The van der Waals surface area contributed by atoms with Crippen LogP contribution in [0.3, 0.4) is 0 Å². The summed E-state index contributed by atoms with van der Waals surface area (Å²) in [5.41, 5.74) is 3.40. The summed E-state index contributed by atoms with van der Waals surface area (Å²) >= 11 is 0. The molecule has 0 spiro atoms. The lowest BCUT2D eigenvalue weighted by atomic mass is 9.98. The summed E-state index contributed by atoms with van der Waals surface area (Å²) < 4.78 is 10.9. The zero-order chi connectivity index (χ0) is 28.3. The van der Waals surface area contributed by atoms with Gasteiger partial charge in [0, 0.05) is 18.3 Å². The summed E-state index contributed by atoms with van der Waals surface area (Å²) in [6.45, 7) is 6.63. The number of esters is 1. The van der Waals surface area contributed by atoms with Gasteiger partial charge in [-0.2, -0.15) is 0 Å². The molecule has 0 radical (unpaired) electrons. The molecule has 2 aliphatic rings. The Bertz CT molecular complexity index is 1250. The van der Waals surface area contributed by atoms with Crippen molar-refractivity contribution in [3.8, 4) is 11.1 Å². The van der Waals surface area contributed by atoms with E-state index in [1.807, 2.05) is 48.5 Å². The predicted molar refractivity (Wildman–Crippen MR) is 139 cm³/mol. The number of nitrogens with one attached hydrogen (secondary N) is 1. The number of benzene rings is 2. The lowest BCUT2D eigenvalue weighted by molar-refractivity contribution is -0.198. The van der Waals surface area contributed by atoms with E-state index >= 15 is 0 Å². The Morgan fingerprint density at radius 3 is 2.13 bits per heavy atom. The normalized spacial score (nSPS) is 17.3. The summed E-state index contributed by atoms with van der Waals surface area (Å²) in [6, 6.07) is 14.6. The van der Waals surface area contributed by atoms with Gasteiger partial charge in [-0.1, -0.05) is 55.5 Å². The van der Waals surface area contributed by atoms with Gasteiger partial charge in [0.25, 0.3) is 11.8 Å². The topological polar surface area (TPSA) is 128 Å². The first-order valence-corrected chi connectivity index (χ1v) is 12.9. The van der Waals surface area contributed by atoms with E-state index in [0.29, 0.717) is 5.06 Å². The average Bonchev–Trinajstić information content (AvgIpc) is 3.32. The smallest absolute Gasteiger partial charge is 0.407 e. The Morgan fingerprint density at radius 1 is 1.00 bits per heavy atom. The molecule has 0 saturated carbocycles. The number of hydroxylamine groups is 2. The lowest BCUT2D eigenvalue weighted by Gasteiger charge is -2.24. The molecule has 1 aliphatic carbocycles. The van der Waals surface area contributed by atoms with E-state index in [1.54, 1.807) is 27.7 Å². The fourth-order valence-electron chi connectivity index (χ4n) is 4.66. The molecular weight excluding hydrogens is 504 g/mol. The van der Waals surface area contributed by atoms with Gasteiger partial charge in [0.15, 0.2) is 0 Å². The van der Waals surface area contributed by atoms with Gasteiger partial charge >= 0.3 is 18.0 Å². The number of hydrogen-bond donors (Lipinski definition) is 1. The van der Waals surface area contributed by atoms with Crippen LogP contribution in [0.1, 0.15) is 64.0 Å². The van der Waals surface area contributed by atoms with Gasteiger partial charge in [0.2, 0.25) is 0 Å². The van der Waals surface area contributed by atoms with E-state index in [-0.39, 0.29) is 31.8 Å². The van der Waals surface area contributed by atoms with Crippen molar-refractivity contribution < 1.29 is 38.3 Å². The van der Waals surface area contributed by atoms with Crippen molar-refractivity contribution in [2.24, 2.45) is 5.92 Å². The van der Waals surface area contributed by atoms with E-state index in [9.17, 15) is 24.0 Å². The Balaban J connectivity index is 1.39. The molecule has 1 heterocycles. The van der Waals surface area contributed by atoms with Gasteiger partial charge in [-0.05, 0) is 49.4 Å². The second kappa shape index (κ2) is 11.3. The third kappa shape index (κ3) is 6.45. The van der Waals surface area contributed by atoms with Crippen LogP contribution in [0.25, 0.3) is 11.1 Å². The molecule has 0 aromatic heterocycles. The third-order valence-corrected chi connectivity index (χ3v) is 6.49. The first-order chi connectivity index (χ1) is 18.4. The molecule has 3 amide bonds. The quantitative estimate of drug-likeness (QED) is 0.398. The second-order valence-electron chi connectivity index (χ2n) is 10.7. The van der Waals surface area contributed by atoms with Crippen molar-refractivity contribution in [3.63, 3.8) is 0 Å². The van der Waals surface area contributed by atoms with Crippen molar-refractivity contribution in [2.45, 2.75) is 64.5 Å². The molecule has 0 bridgehead atoms. The molecule has 10 heteroatoms. The van der Waals surface area contributed by atoms with Gasteiger partial charge < -0.3 is 19.6 Å². The number of alkyl carbamates (subject to hydrolysis) is 1. The third-order valence-electron chi connectivity index (χ3n) is 6.49. The highest BCUT2D eigenvalue weighted by Gasteiger charge is 2.39. The van der Waals surface area contributed by atoms with Crippen LogP contribution in [0.2, 0.25) is 0 Å². The zero-order valence-corrected chi connectivity index (χ0v) is 22.4. The highest BCUT2D eigenvalue weighted by molar-refractivity contribution is 6.03. The van der Waals surface area contributed by atoms with E-state index in [2.05, 4.69) is 5.32 Å². The van der Waals surface area contributed by atoms with E-state index in [0.717, 1.165) is 22.3 Å². The highest BCUT2D eigenvalue weighted by Crippen LogP contribution is 2.44. The van der Waals surface area contributed by atoms with Crippen LogP contribution < -0.4 is 5.32 Å². The van der Waals surface area contributed by atoms with E-state index in [4.69, 9.17) is 14.3 Å². The number of ether oxygens (including phenoxy) is 2. The highest BCUT2D eigenvalue weighted by atomic mass is 16.7. The van der Waals surface area contributed by atoms with Crippen LogP contribution >= 0.6 is 0 Å². The Morgan fingerprint density at radius 2 is 1.59 bits per heavy atom. The number of fused-ring (bicyclic) bond motifs is 3. The fourth-order valence-corrected chi connectivity index (χ4v) is 4.66. The number of nitrogens with zero attached hydrogens (tertiary/aromatic N) is 1. The minimum Gasteiger partial charge on any atom is -0.458 e. The molecule has 1 unspecified atom stereocenters. The Hall–Kier alpha value is -4.21. The Labute approximate surface area is 226 Å². The standard InChI is InChI=1S/C29H32N2O8/c1-17-15-24(32)31(26(17)34)39-25(33)14-13-23(27(35)38-29(2,3)4)30-28(36)37-16-22-20-11-7-5-9-18(20)19-10-6-8-12-21(19)22/h5-12,17,22-23H,13-16H2,1-4H3,(H,30,36)/t17?,23-/m0/s1. The fraction of sp³-hybridized carbons (Fsp3) is 0.414. The summed E-state index contributed by atoms with van der Waals surface area (Å²) in [4.78, 5) is 66.8. The molecule has 4 rings (SSSR count). The van der Waals surface area contributed by atoms with Crippen molar-refractivity contribution >= 4 is 29.8 Å². The maximum Gasteiger partial charge on any atom is 0.407 e. The average molecular weight is 537 g/mol. The number of hydrogen-bond acceptors (Lipinski definition) is 8. The first kappa shape index (κ1) is 27.8. The van der Waals surface area contributed by atoms with Gasteiger partial charge in [-0.25, -0.2) is 14.4 Å².